The summed E-state index contributed by atoms with van der Waals surface area (Å²) in [6, 6.07) is 4.37. The lowest BCUT2D eigenvalue weighted by atomic mass is 9.97. The smallest absolute Gasteiger partial charge is 0.0464 e. The molecule has 1 aromatic rings. The maximum Gasteiger partial charge on any atom is 0.0464 e. The van der Waals surface area contributed by atoms with Crippen LogP contribution in [0.1, 0.15) is 30.5 Å². The zero-order chi connectivity index (χ0) is 12.5. The van der Waals surface area contributed by atoms with Gasteiger partial charge in [0, 0.05) is 24.8 Å². The Bertz CT molecular complexity index is 381. The van der Waals surface area contributed by atoms with E-state index in [0.29, 0.717) is 6.54 Å². The van der Waals surface area contributed by atoms with Gasteiger partial charge in [-0.1, -0.05) is 6.07 Å². The number of anilines is 1. The van der Waals surface area contributed by atoms with E-state index in [-0.39, 0.29) is 5.54 Å². The van der Waals surface area contributed by atoms with Gasteiger partial charge in [0.1, 0.15) is 0 Å². The molecule has 0 aliphatic carbocycles. The van der Waals surface area contributed by atoms with Gasteiger partial charge in [0.2, 0.25) is 0 Å². The Morgan fingerprint density at radius 1 is 1.12 bits per heavy atom. The molecule has 0 radical (unpaired) electrons. The van der Waals surface area contributed by atoms with E-state index in [1.807, 2.05) is 0 Å². The molecule has 0 fully saturated rings. The molecule has 90 valence electrons. The van der Waals surface area contributed by atoms with E-state index in [0.717, 1.165) is 0 Å². The SMILES string of the molecule is Cc1ccc(N(C)C(C)(C)CN)c(C)c1C. The second-order valence-corrected chi connectivity index (χ2v) is 5.23. The molecule has 0 aliphatic heterocycles. The van der Waals surface area contributed by atoms with Crippen molar-refractivity contribution in [1.29, 1.82) is 0 Å². The van der Waals surface area contributed by atoms with Crippen molar-refractivity contribution in [2.24, 2.45) is 5.73 Å². The molecule has 0 amide bonds. The minimum Gasteiger partial charge on any atom is -0.368 e. The summed E-state index contributed by atoms with van der Waals surface area (Å²) in [4.78, 5) is 2.27. The molecule has 0 atom stereocenters. The maximum absolute atomic E-state index is 5.82. The lowest BCUT2D eigenvalue weighted by molar-refractivity contribution is 0.498. The molecule has 0 spiro atoms. The minimum absolute atomic E-state index is 0.00748. The Kier molecular flexibility index (Phi) is 3.64. The average molecular weight is 220 g/mol. The van der Waals surface area contributed by atoms with Crippen LogP contribution in [-0.2, 0) is 0 Å². The normalized spacial score (nSPS) is 11.7. The zero-order valence-electron chi connectivity index (χ0n) is 11.4. The van der Waals surface area contributed by atoms with Crippen LogP contribution in [-0.4, -0.2) is 19.1 Å². The Morgan fingerprint density at radius 2 is 1.69 bits per heavy atom. The molecule has 0 aliphatic rings. The summed E-state index contributed by atoms with van der Waals surface area (Å²) in [6.45, 7) is 11.5. The van der Waals surface area contributed by atoms with E-state index in [2.05, 4.69) is 58.7 Å². The number of hydrogen-bond acceptors (Lipinski definition) is 2. The van der Waals surface area contributed by atoms with Crippen molar-refractivity contribution in [3.05, 3.63) is 28.8 Å². The van der Waals surface area contributed by atoms with Crippen molar-refractivity contribution in [3.63, 3.8) is 0 Å². The van der Waals surface area contributed by atoms with Gasteiger partial charge in [-0.15, -0.1) is 0 Å². The highest BCUT2D eigenvalue weighted by Crippen LogP contribution is 2.28. The van der Waals surface area contributed by atoms with Crippen LogP contribution in [0, 0.1) is 20.8 Å². The molecule has 16 heavy (non-hydrogen) atoms. The van der Waals surface area contributed by atoms with Crippen LogP contribution in [0.2, 0.25) is 0 Å². The monoisotopic (exact) mass is 220 g/mol. The molecule has 2 N–H and O–H groups in total. The number of hydrogen-bond donors (Lipinski definition) is 1. The van der Waals surface area contributed by atoms with Crippen molar-refractivity contribution >= 4 is 5.69 Å². The first-order valence-electron chi connectivity index (χ1n) is 5.82. The van der Waals surface area contributed by atoms with Gasteiger partial charge in [-0.05, 0) is 57.4 Å². The molecule has 0 unspecified atom stereocenters. The van der Waals surface area contributed by atoms with Crippen molar-refractivity contribution in [2.75, 3.05) is 18.5 Å². The van der Waals surface area contributed by atoms with Crippen molar-refractivity contribution in [2.45, 2.75) is 40.2 Å². The molecule has 0 aromatic heterocycles. The third-order valence-corrected chi connectivity index (χ3v) is 3.80. The second kappa shape index (κ2) is 4.46. The third kappa shape index (κ3) is 2.22. The first-order chi connectivity index (χ1) is 7.31. The molecule has 0 saturated heterocycles. The second-order valence-electron chi connectivity index (χ2n) is 5.23. The Morgan fingerprint density at radius 3 is 2.19 bits per heavy atom. The number of nitrogens with zero attached hydrogens (tertiary/aromatic N) is 1. The topological polar surface area (TPSA) is 29.3 Å². The van der Waals surface area contributed by atoms with Gasteiger partial charge in [0.05, 0.1) is 0 Å². The van der Waals surface area contributed by atoms with Crippen LogP contribution >= 0.6 is 0 Å². The van der Waals surface area contributed by atoms with Gasteiger partial charge in [0.15, 0.2) is 0 Å². The number of aryl methyl sites for hydroxylation is 1. The highest BCUT2D eigenvalue weighted by Gasteiger charge is 2.23. The standard InChI is InChI=1S/C14H24N2/c1-10-7-8-13(12(3)11(10)2)16(6)14(4,5)9-15/h7-8H,9,15H2,1-6H3. The van der Waals surface area contributed by atoms with E-state index in [1.165, 1.54) is 22.4 Å². The fourth-order valence-electron chi connectivity index (χ4n) is 1.77. The quantitative estimate of drug-likeness (QED) is 0.848. The first-order valence-corrected chi connectivity index (χ1v) is 5.82. The van der Waals surface area contributed by atoms with Gasteiger partial charge in [-0.3, -0.25) is 0 Å². The predicted molar refractivity (Wildman–Crippen MR) is 72.2 cm³/mol. The molecule has 2 nitrogen and oxygen atoms in total. The Hall–Kier alpha value is -1.02. The number of likely N-dealkylation sites (N-methyl/N-ethyl adjacent to an activating group) is 1. The van der Waals surface area contributed by atoms with Crippen molar-refractivity contribution < 1.29 is 0 Å². The molecule has 1 aromatic carbocycles. The average Bonchev–Trinajstić information content (AvgIpc) is 2.25. The van der Waals surface area contributed by atoms with Crippen LogP contribution < -0.4 is 10.6 Å². The number of rotatable bonds is 3. The summed E-state index contributed by atoms with van der Waals surface area (Å²) in [7, 11) is 2.12. The molecular weight excluding hydrogens is 196 g/mol. The van der Waals surface area contributed by atoms with Crippen LogP contribution in [0.25, 0.3) is 0 Å². The van der Waals surface area contributed by atoms with Gasteiger partial charge in [-0.25, -0.2) is 0 Å². The molecule has 0 bridgehead atoms. The van der Waals surface area contributed by atoms with Crippen LogP contribution in [0.5, 0.6) is 0 Å². The summed E-state index contributed by atoms with van der Waals surface area (Å²) in [5.41, 5.74) is 11.2. The lowest BCUT2D eigenvalue weighted by Gasteiger charge is -2.38. The first kappa shape index (κ1) is 13.0. The van der Waals surface area contributed by atoms with Crippen molar-refractivity contribution in [1.82, 2.24) is 0 Å². The maximum atomic E-state index is 5.82. The van der Waals surface area contributed by atoms with E-state index >= 15 is 0 Å². The molecular formula is C14H24N2. The highest BCUT2D eigenvalue weighted by atomic mass is 15.2. The summed E-state index contributed by atoms with van der Waals surface area (Å²) in [6.07, 6.45) is 0. The van der Waals surface area contributed by atoms with Crippen LogP contribution in [0.4, 0.5) is 5.69 Å². The third-order valence-electron chi connectivity index (χ3n) is 3.80. The highest BCUT2D eigenvalue weighted by molar-refractivity contribution is 5.59. The van der Waals surface area contributed by atoms with E-state index in [4.69, 9.17) is 5.73 Å². The Labute approximate surface area is 99.5 Å². The predicted octanol–water partition coefficient (Wildman–Crippen LogP) is 2.79. The van der Waals surface area contributed by atoms with Gasteiger partial charge in [-0.2, -0.15) is 0 Å². The molecule has 0 saturated carbocycles. The number of nitrogens with two attached hydrogens (primary N) is 1. The number of benzene rings is 1. The fourth-order valence-corrected chi connectivity index (χ4v) is 1.77. The van der Waals surface area contributed by atoms with Gasteiger partial charge in [0.25, 0.3) is 0 Å². The summed E-state index contributed by atoms with van der Waals surface area (Å²) in [5.74, 6) is 0. The molecule has 2 heteroatoms. The molecule has 0 heterocycles. The summed E-state index contributed by atoms with van der Waals surface area (Å²) in [5, 5.41) is 0. The van der Waals surface area contributed by atoms with E-state index < -0.39 is 0 Å². The van der Waals surface area contributed by atoms with E-state index in [9.17, 15) is 0 Å². The summed E-state index contributed by atoms with van der Waals surface area (Å²) >= 11 is 0. The van der Waals surface area contributed by atoms with Crippen molar-refractivity contribution in [3.8, 4) is 0 Å². The van der Waals surface area contributed by atoms with Crippen LogP contribution in [0.3, 0.4) is 0 Å². The fraction of sp³-hybridized carbons (Fsp3) is 0.571. The lowest BCUT2D eigenvalue weighted by Crippen LogP contribution is -2.47. The Balaban J connectivity index is 3.20. The largest absolute Gasteiger partial charge is 0.368 e. The van der Waals surface area contributed by atoms with E-state index in [1.54, 1.807) is 0 Å². The minimum atomic E-state index is -0.00748. The summed E-state index contributed by atoms with van der Waals surface area (Å²) < 4.78 is 0. The van der Waals surface area contributed by atoms with Gasteiger partial charge < -0.3 is 10.6 Å². The van der Waals surface area contributed by atoms with Crippen LogP contribution in [0.15, 0.2) is 12.1 Å². The molecule has 1 rings (SSSR count). The van der Waals surface area contributed by atoms with Gasteiger partial charge >= 0.3 is 0 Å². The zero-order valence-corrected chi connectivity index (χ0v) is 11.4.